The van der Waals surface area contributed by atoms with Crippen molar-refractivity contribution in [2.45, 2.75) is 19.8 Å². The van der Waals surface area contributed by atoms with Gasteiger partial charge in [0, 0.05) is 39.0 Å². The zero-order valence-corrected chi connectivity index (χ0v) is 16.7. The third-order valence-electron chi connectivity index (χ3n) is 5.10. The second-order valence-electron chi connectivity index (χ2n) is 7.08. The number of hydrogen-bond donors (Lipinski definition) is 0. The summed E-state index contributed by atoms with van der Waals surface area (Å²) in [5.41, 5.74) is 1.03. The van der Waals surface area contributed by atoms with E-state index in [2.05, 4.69) is 0 Å². The van der Waals surface area contributed by atoms with Crippen LogP contribution in [0.1, 0.15) is 18.4 Å². The van der Waals surface area contributed by atoms with Crippen molar-refractivity contribution < 1.29 is 28.7 Å². The first kappa shape index (κ1) is 20.6. The van der Waals surface area contributed by atoms with E-state index in [-0.39, 0.29) is 49.6 Å². The van der Waals surface area contributed by atoms with E-state index in [1.54, 1.807) is 23.0 Å². The maximum absolute atomic E-state index is 12.4. The van der Waals surface area contributed by atoms with Gasteiger partial charge in [-0.3, -0.25) is 24.1 Å². The number of benzene rings is 1. The molecule has 2 heterocycles. The summed E-state index contributed by atoms with van der Waals surface area (Å²) in [4.78, 5) is 52.3. The Hall–Kier alpha value is -3.10. The van der Waals surface area contributed by atoms with Crippen LogP contribution in [-0.4, -0.2) is 84.8 Å². The second-order valence-corrected chi connectivity index (χ2v) is 7.08. The first-order valence-corrected chi connectivity index (χ1v) is 9.55. The lowest BCUT2D eigenvalue weighted by Crippen LogP contribution is -2.53. The molecule has 0 bridgehead atoms. The molecule has 0 aromatic heterocycles. The number of aryl methyl sites for hydroxylation is 1. The SMILES string of the molecule is COc1cc(C)ccc1OCC(=O)N1CCN(C(=O)CN2C(=O)CCC2=O)CC1. The molecule has 1 aromatic carbocycles. The lowest BCUT2D eigenvalue weighted by atomic mass is 10.2. The summed E-state index contributed by atoms with van der Waals surface area (Å²) in [5, 5.41) is 0. The Morgan fingerprint density at radius 3 is 2.10 bits per heavy atom. The van der Waals surface area contributed by atoms with E-state index in [4.69, 9.17) is 9.47 Å². The third-order valence-corrected chi connectivity index (χ3v) is 5.10. The van der Waals surface area contributed by atoms with E-state index < -0.39 is 0 Å². The molecule has 2 aliphatic rings. The fourth-order valence-corrected chi connectivity index (χ4v) is 3.36. The Morgan fingerprint density at radius 1 is 0.931 bits per heavy atom. The predicted molar refractivity (Wildman–Crippen MR) is 102 cm³/mol. The highest BCUT2D eigenvalue weighted by atomic mass is 16.5. The highest BCUT2D eigenvalue weighted by Crippen LogP contribution is 2.27. The molecule has 0 N–H and O–H groups in total. The Kier molecular flexibility index (Phi) is 6.36. The smallest absolute Gasteiger partial charge is 0.260 e. The van der Waals surface area contributed by atoms with Crippen LogP contribution in [-0.2, 0) is 19.2 Å². The third kappa shape index (κ3) is 4.85. The quantitative estimate of drug-likeness (QED) is 0.630. The Balaban J connectivity index is 1.46. The van der Waals surface area contributed by atoms with Gasteiger partial charge >= 0.3 is 0 Å². The van der Waals surface area contributed by atoms with Crippen molar-refractivity contribution in [1.82, 2.24) is 14.7 Å². The molecule has 0 radical (unpaired) electrons. The van der Waals surface area contributed by atoms with Gasteiger partial charge < -0.3 is 19.3 Å². The molecule has 4 amide bonds. The van der Waals surface area contributed by atoms with Gasteiger partial charge in [0.2, 0.25) is 17.7 Å². The van der Waals surface area contributed by atoms with Gasteiger partial charge in [0.25, 0.3) is 5.91 Å². The molecule has 0 atom stereocenters. The molecule has 9 heteroatoms. The fourth-order valence-electron chi connectivity index (χ4n) is 3.36. The summed E-state index contributed by atoms with van der Waals surface area (Å²) < 4.78 is 10.9. The van der Waals surface area contributed by atoms with E-state index in [0.29, 0.717) is 37.7 Å². The maximum atomic E-state index is 12.4. The molecule has 2 fully saturated rings. The zero-order valence-electron chi connectivity index (χ0n) is 16.7. The highest BCUT2D eigenvalue weighted by Gasteiger charge is 2.33. The molecular formula is C20H25N3O6. The standard InChI is InChI=1S/C20H25N3O6/c1-14-3-4-15(16(11-14)28-2)29-13-20(27)22-9-7-21(8-10-22)19(26)12-23-17(24)5-6-18(23)25/h3-4,11H,5-10,12-13H2,1-2H3. The minimum Gasteiger partial charge on any atom is -0.493 e. The molecule has 3 rings (SSSR count). The van der Waals surface area contributed by atoms with E-state index in [1.807, 2.05) is 19.1 Å². The summed E-state index contributed by atoms with van der Waals surface area (Å²) in [7, 11) is 1.54. The van der Waals surface area contributed by atoms with Gasteiger partial charge in [-0.15, -0.1) is 0 Å². The van der Waals surface area contributed by atoms with Crippen molar-refractivity contribution in [1.29, 1.82) is 0 Å². The molecular weight excluding hydrogens is 378 g/mol. The first-order chi connectivity index (χ1) is 13.9. The van der Waals surface area contributed by atoms with Gasteiger partial charge in [0.1, 0.15) is 6.54 Å². The normalized spacial score (nSPS) is 17.0. The Labute approximate surface area is 169 Å². The van der Waals surface area contributed by atoms with Gasteiger partial charge in [-0.05, 0) is 24.6 Å². The predicted octanol–water partition coefficient (Wildman–Crippen LogP) is 0.202. The van der Waals surface area contributed by atoms with E-state index >= 15 is 0 Å². The number of carbonyl (C=O) groups is 4. The van der Waals surface area contributed by atoms with Gasteiger partial charge in [-0.1, -0.05) is 6.07 Å². The molecule has 156 valence electrons. The van der Waals surface area contributed by atoms with Crippen molar-refractivity contribution in [3.8, 4) is 11.5 Å². The molecule has 0 unspecified atom stereocenters. The van der Waals surface area contributed by atoms with Crippen LogP contribution in [0.15, 0.2) is 18.2 Å². The van der Waals surface area contributed by atoms with Crippen LogP contribution in [0, 0.1) is 6.92 Å². The fraction of sp³-hybridized carbons (Fsp3) is 0.500. The van der Waals surface area contributed by atoms with Gasteiger partial charge in [0.15, 0.2) is 18.1 Å². The zero-order chi connectivity index (χ0) is 21.0. The van der Waals surface area contributed by atoms with Gasteiger partial charge in [-0.2, -0.15) is 0 Å². The largest absolute Gasteiger partial charge is 0.493 e. The summed E-state index contributed by atoms with van der Waals surface area (Å²) in [6.45, 7) is 3.06. The Bertz CT molecular complexity index is 800. The number of nitrogens with zero attached hydrogens (tertiary/aromatic N) is 3. The van der Waals surface area contributed by atoms with E-state index in [9.17, 15) is 19.2 Å². The maximum Gasteiger partial charge on any atom is 0.260 e. The molecule has 2 aliphatic heterocycles. The second kappa shape index (κ2) is 8.93. The number of rotatable bonds is 6. The number of likely N-dealkylation sites (tertiary alicyclic amines) is 1. The van der Waals surface area contributed by atoms with E-state index in [1.165, 1.54) is 0 Å². The number of imide groups is 1. The molecule has 0 saturated carbocycles. The number of ether oxygens (including phenoxy) is 2. The molecule has 0 aliphatic carbocycles. The number of piperazine rings is 1. The lowest BCUT2D eigenvalue weighted by molar-refractivity contribution is -0.147. The van der Waals surface area contributed by atoms with Crippen molar-refractivity contribution in [2.75, 3.05) is 46.4 Å². The van der Waals surface area contributed by atoms with Crippen molar-refractivity contribution in [2.24, 2.45) is 0 Å². The number of carbonyl (C=O) groups excluding carboxylic acids is 4. The van der Waals surface area contributed by atoms with Crippen LogP contribution >= 0.6 is 0 Å². The average Bonchev–Trinajstić information content (AvgIpc) is 3.04. The van der Waals surface area contributed by atoms with Crippen LogP contribution in [0.5, 0.6) is 11.5 Å². The molecule has 0 spiro atoms. The number of amides is 4. The highest BCUT2D eigenvalue weighted by molar-refractivity contribution is 6.04. The van der Waals surface area contributed by atoms with Crippen molar-refractivity contribution in [3.05, 3.63) is 23.8 Å². The number of hydrogen-bond acceptors (Lipinski definition) is 6. The van der Waals surface area contributed by atoms with Crippen LogP contribution in [0.2, 0.25) is 0 Å². The molecule has 29 heavy (non-hydrogen) atoms. The summed E-state index contributed by atoms with van der Waals surface area (Å²) in [6, 6.07) is 5.47. The van der Waals surface area contributed by atoms with Gasteiger partial charge in [0.05, 0.1) is 7.11 Å². The monoisotopic (exact) mass is 403 g/mol. The van der Waals surface area contributed by atoms with Crippen LogP contribution in [0.4, 0.5) is 0 Å². The summed E-state index contributed by atoms with van der Waals surface area (Å²) in [5.74, 6) is 0.00657. The van der Waals surface area contributed by atoms with Crippen LogP contribution < -0.4 is 9.47 Å². The molecule has 1 aromatic rings. The number of methoxy groups -OCH3 is 1. The lowest BCUT2D eigenvalue weighted by Gasteiger charge is -2.35. The first-order valence-electron chi connectivity index (χ1n) is 9.55. The van der Waals surface area contributed by atoms with Crippen LogP contribution in [0.3, 0.4) is 0 Å². The van der Waals surface area contributed by atoms with Crippen LogP contribution in [0.25, 0.3) is 0 Å². The minimum atomic E-state index is -0.305. The average molecular weight is 403 g/mol. The van der Waals surface area contributed by atoms with Gasteiger partial charge in [-0.25, -0.2) is 0 Å². The van der Waals surface area contributed by atoms with E-state index in [0.717, 1.165) is 10.5 Å². The summed E-state index contributed by atoms with van der Waals surface area (Å²) >= 11 is 0. The Morgan fingerprint density at radius 2 is 1.52 bits per heavy atom. The summed E-state index contributed by atoms with van der Waals surface area (Å²) in [6.07, 6.45) is 0.334. The molecule has 9 nitrogen and oxygen atoms in total. The topological polar surface area (TPSA) is 96.5 Å². The van der Waals surface area contributed by atoms with Crippen molar-refractivity contribution in [3.63, 3.8) is 0 Å². The minimum absolute atomic E-state index is 0.121. The van der Waals surface area contributed by atoms with Crippen molar-refractivity contribution >= 4 is 23.6 Å². The molecule has 2 saturated heterocycles.